The number of ether oxygens (including phenoxy) is 2. The Hall–Kier alpha value is -3.62. The van der Waals surface area contributed by atoms with Gasteiger partial charge in [-0.05, 0) is 18.2 Å². The van der Waals surface area contributed by atoms with Crippen LogP contribution in [0.1, 0.15) is 25.6 Å². The van der Waals surface area contributed by atoms with Crippen molar-refractivity contribution in [3.8, 4) is 23.0 Å². The fourth-order valence-electron chi connectivity index (χ4n) is 2.62. The summed E-state index contributed by atoms with van der Waals surface area (Å²) in [5.41, 5.74) is 0.667. The van der Waals surface area contributed by atoms with Crippen molar-refractivity contribution in [2.75, 3.05) is 19.5 Å². The molecule has 9 heteroatoms. The molecular weight excluding hydrogens is 376 g/mol. The minimum absolute atomic E-state index is 0.113. The topological polar surface area (TPSA) is 108 Å². The molecule has 0 saturated carbocycles. The van der Waals surface area contributed by atoms with Crippen LogP contribution in [0, 0.1) is 0 Å². The number of methoxy groups -OCH3 is 2. The van der Waals surface area contributed by atoms with E-state index in [9.17, 15) is 9.59 Å². The van der Waals surface area contributed by atoms with Crippen molar-refractivity contribution in [3.63, 3.8) is 0 Å². The summed E-state index contributed by atoms with van der Waals surface area (Å²) >= 11 is 0. The van der Waals surface area contributed by atoms with Gasteiger partial charge in [0.15, 0.2) is 5.82 Å². The van der Waals surface area contributed by atoms with E-state index in [-0.39, 0.29) is 23.9 Å². The molecule has 1 N–H and O–H groups in total. The predicted molar refractivity (Wildman–Crippen MR) is 106 cm³/mol. The monoisotopic (exact) mass is 398 g/mol. The SMILES string of the molecule is COc1ccc(OC)c(NC(=O)Cn2cc(-c3nc(C(C)C)no3)ccc2=O)c1. The van der Waals surface area contributed by atoms with Crippen LogP contribution in [0.4, 0.5) is 5.69 Å². The number of aromatic nitrogens is 3. The zero-order valence-electron chi connectivity index (χ0n) is 16.6. The first-order valence-corrected chi connectivity index (χ1v) is 8.97. The third kappa shape index (κ3) is 4.63. The summed E-state index contributed by atoms with van der Waals surface area (Å²) in [6, 6.07) is 7.98. The number of amides is 1. The van der Waals surface area contributed by atoms with E-state index in [0.29, 0.717) is 28.6 Å². The normalized spacial score (nSPS) is 10.8. The number of carbonyl (C=O) groups is 1. The molecule has 1 amide bonds. The summed E-state index contributed by atoms with van der Waals surface area (Å²) in [5.74, 6) is 1.62. The number of hydrogen-bond acceptors (Lipinski definition) is 7. The molecule has 0 aliphatic heterocycles. The molecule has 0 unspecified atom stereocenters. The lowest BCUT2D eigenvalue weighted by atomic mass is 10.2. The Morgan fingerprint density at radius 3 is 2.66 bits per heavy atom. The molecule has 0 radical (unpaired) electrons. The minimum Gasteiger partial charge on any atom is -0.497 e. The highest BCUT2D eigenvalue weighted by Crippen LogP contribution is 2.28. The number of nitrogens with one attached hydrogen (secondary N) is 1. The lowest BCUT2D eigenvalue weighted by molar-refractivity contribution is -0.116. The number of rotatable bonds is 7. The molecule has 0 aliphatic carbocycles. The molecular formula is C20H22N4O5. The van der Waals surface area contributed by atoms with E-state index in [1.54, 1.807) is 24.3 Å². The molecule has 0 saturated heterocycles. The quantitative estimate of drug-likeness (QED) is 0.652. The van der Waals surface area contributed by atoms with Crippen molar-refractivity contribution in [2.45, 2.75) is 26.3 Å². The molecule has 0 atom stereocenters. The zero-order chi connectivity index (χ0) is 21.0. The van der Waals surface area contributed by atoms with Gasteiger partial charge in [0, 0.05) is 24.2 Å². The molecule has 9 nitrogen and oxygen atoms in total. The molecule has 2 aromatic heterocycles. The van der Waals surface area contributed by atoms with Crippen LogP contribution in [0.3, 0.4) is 0 Å². The van der Waals surface area contributed by atoms with Crippen LogP contribution in [-0.2, 0) is 11.3 Å². The number of pyridine rings is 1. The first kappa shape index (κ1) is 20.1. The van der Waals surface area contributed by atoms with E-state index in [1.807, 2.05) is 13.8 Å². The molecule has 1 aromatic carbocycles. The smallest absolute Gasteiger partial charge is 0.259 e. The molecule has 3 aromatic rings. The van der Waals surface area contributed by atoms with Crippen LogP contribution < -0.4 is 20.3 Å². The third-order valence-corrected chi connectivity index (χ3v) is 4.18. The summed E-state index contributed by atoms with van der Waals surface area (Å²) in [4.78, 5) is 29.0. The van der Waals surface area contributed by atoms with E-state index in [2.05, 4.69) is 15.5 Å². The van der Waals surface area contributed by atoms with Gasteiger partial charge in [0.25, 0.3) is 11.4 Å². The zero-order valence-corrected chi connectivity index (χ0v) is 16.6. The highest BCUT2D eigenvalue weighted by Gasteiger charge is 2.14. The van der Waals surface area contributed by atoms with Crippen LogP contribution in [0.5, 0.6) is 11.5 Å². The Balaban J connectivity index is 1.81. The number of carbonyl (C=O) groups excluding carboxylic acids is 1. The van der Waals surface area contributed by atoms with Gasteiger partial charge in [-0.3, -0.25) is 9.59 Å². The van der Waals surface area contributed by atoms with Crippen molar-refractivity contribution in [3.05, 3.63) is 52.7 Å². The van der Waals surface area contributed by atoms with Crippen LogP contribution in [0.25, 0.3) is 11.5 Å². The predicted octanol–water partition coefficient (Wildman–Crippen LogP) is 2.68. The fraction of sp³-hybridized carbons (Fsp3) is 0.300. The average Bonchev–Trinajstić information content (AvgIpc) is 3.20. The highest BCUT2D eigenvalue weighted by atomic mass is 16.5. The number of benzene rings is 1. The van der Waals surface area contributed by atoms with E-state index in [1.165, 1.54) is 31.0 Å². The first-order valence-electron chi connectivity index (χ1n) is 8.97. The van der Waals surface area contributed by atoms with Gasteiger partial charge in [0.2, 0.25) is 5.91 Å². The van der Waals surface area contributed by atoms with Crippen molar-refractivity contribution in [1.82, 2.24) is 14.7 Å². The van der Waals surface area contributed by atoms with E-state index >= 15 is 0 Å². The lowest BCUT2D eigenvalue weighted by Gasteiger charge is -2.12. The summed E-state index contributed by atoms with van der Waals surface area (Å²) in [5, 5.41) is 6.65. The summed E-state index contributed by atoms with van der Waals surface area (Å²) in [6.07, 6.45) is 1.52. The molecule has 152 valence electrons. The number of nitrogens with zero attached hydrogens (tertiary/aromatic N) is 3. The Bertz CT molecular complexity index is 1070. The van der Waals surface area contributed by atoms with Gasteiger partial charge in [-0.15, -0.1) is 0 Å². The Morgan fingerprint density at radius 1 is 1.21 bits per heavy atom. The minimum atomic E-state index is -0.399. The molecule has 0 bridgehead atoms. The van der Waals surface area contributed by atoms with E-state index in [0.717, 1.165) is 0 Å². The third-order valence-electron chi connectivity index (χ3n) is 4.18. The second-order valence-electron chi connectivity index (χ2n) is 6.61. The van der Waals surface area contributed by atoms with Gasteiger partial charge in [-0.25, -0.2) is 0 Å². The average molecular weight is 398 g/mol. The van der Waals surface area contributed by atoms with Gasteiger partial charge in [-0.1, -0.05) is 19.0 Å². The fourth-order valence-corrected chi connectivity index (χ4v) is 2.62. The lowest BCUT2D eigenvalue weighted by Crippen LogP contribution is -2.27. The van der Waals surface area contributed by atoms with Crippen molar-refractivity contribution >= 4 is 11.6 Å². The second kappa shape index (κ2) is 8.59. The summed E-state index contributed by atoms with van der Waals surface area (Å²) in [6.45, 7) is 3.71. The number of anilines is 1. The Labute approximate surface area is 167 Å². The molecule has 0 fully saturated rings. The van der Waals surface area contributed by atoms with Gasteiger partial charge >= 0.3 is 0 Å². The van der Waals surface area contributed by atoms with E-state index in [4.69, 9.17) is 14.0 Å². The Morgan fingerprint density at radius 2 is 2.00 bits per heavy atom. The standard InChI is InChI=1S/C20H22N4O5/c1-12(2)19-22-20(29-23-19)13-5-8-18(26)24(10-13)11-17(25)21-15-9-14(27-3)6-7-16(15)28-4/h5-10,12H,11H2,1-4H3,(H,21,25). The maximum Gasteiger partial charge on any atom is 0.259 e. The molecule has 3 rings (SSSR count). The Kier molecular flexibility index (Phi) is 5.96. The summed E-state index contributed by atoms with van der Waals surface area (Å²) < 4.78 is 17.0. The largest absolute Gasteiger partial charge is 0.497 e. The van der Waals surface area contributed by atoms with Gasteiger partial charge in [-0.2, -0.15) is 4.98 Å². The maximum atomic E-state index is 12.5. The molecule has 29 heavy (non-hydrogen) atoms. The van der Waals surface area contributed by atoms with Crippen LogP contribution in [-0.4, -0.2) is 34.8 Å². The molecule has 0 spiro atoms. The number of hydrogen-bond donors (Lipinski definition) is 1. The second-order valence-corrected chi connectivity index (χ2v) is 6.61. The first-order chi connectivity index (χ1) is 13.9. The molecule has 0 aliphatic rings. The molecule has 2 heterocycles. The van der Waals surface area contributed by atoms with Crippen molar-refractivity contribution in [2.24, 2.45) is 0 Å². The van der Waals surface area contributed by atoms with Crippen molar-refractivity contribution in [1.29, 1.82) is 0 Å². The van der Waals surface area contributed by atoms with Crippen LogP contribution in [0.2, 0.25) is 0 Å². The van der Waals surface area contributed by atoms with Gasteiger partial charge < -0.3 is 23.9 Å². The van der Waals surface area contributed by atoms with E-state index < -0.39 is 5.91 Å². The van der Waals surface area contributed by atoms with Crippen molar-refractivity contribution < 1.29 is 18.8 Å². The van der Waals surface area contributed by atoms with Gasteiger partial charge in [0.1, 0.15) is 18.0 Å². The maximum absolute atomic E-state index is 12.5. The highest BCUT2D eigenvalue weighted by molar-refractivity contribution is 5.92. The van der Waals surface area contributed by atoms with Crippen LogP contribution in [0.15, 0.2) is 45.8 Å². The van der Waals surface area contributed by atoms with Gasteiger partial charge in [0.05, 0.1) is 25.5 Å². The van der Waals surface area contributed by atoms with Crippen LogP contribution >= 0.6 is 0 Å². The summed E-state index contributed by atoms with van der Waals surface area (Å²) in [7, 11) is 3.03.